The fourth-order valence-corrected chi connectivity index (χ4v) is 5.50. The molecule has 0 bridgehead atoms. The molecule has 0 aliphatic carbocycles. The van der Waals surface area contributed by atoms with Crippen LogP contribution in [-0.2, 0) is 15.0 Å². The molecule has 36 heavy (non-hydrogen) atoms. The Morgan fingerprint density at radius 3 is 1.81 bits per heavy atom. The summed E-state index contributed by atoms with van der Waals surface area (Å²) < 4.78 is 41.5. The minimum Gasteiger partial charge on any atom is -0.339 e. The van der Waals surface area contributed by atoms with Crippen molar-refractivity contribution < 1.29 is 17.6 Å². The van der Waals surface area contributed by atoms with Crippen LogP contribution < -0.4 is 4.31 Å². The maximum absolute atomic E-state index is 13.4. The van der Waals surface area contributed by atoms with E-state index in [-0.39, 0.29) is 24.2 Å². The molecule has 3 aromatic carbocycles. The van der Waals surface area contributed by atoms with E-state index >= 15 is 0 Å². The van der Waals surface area contributed by atoms with Gasteiger partial charge in [0.2, 0.25) is 5.91 Å². The fourth-order valence-electron chi connectivity index (χ4n) is 4.45. The van der Waals surface area contributed by atoms with E-state index in [0.29, 0.717) is 26.2 Å². The van der Waals surface area contributed by atoms with E-state index in [1.54, 1.807) is 4.90 Å². The second kappa shape index (κ2) is 11.2. The molecule has 1 amide bonds. The van der Waals surface area contributed by atoms with Crippen LogP contribution in [0.4, 0.5) is 10.1 Å². The van der Waals surface area contributed by atoms with Gasteiger partial charge in [-0.3, -0.25) is 9.69 Å². The summed E-state index contributed by atoms with van der Waals surface area (Å²) in [5.41, 5.74) is 2.61. The van der Waals surface area contributed by atoms with E-state index in [9.17, 15) is 17.6 Å². The van der Waals surface area contributed by atoms with Crippen molar-refractivity contribution in [2.45, 2.75) is 6.04 Å². The third-order valence-electron chi connectivity index (χ3n) is 6.40. The molecule has 3 aromatic rings. The van der Waals surface area contributed by atoms with Gasteiger partial charge in [-0.15, -0.1) is 0 Å². The highest BCUT2D eigenvalue weighted by Crippen LogP contribution is 2.29. The van der Waals surface area contributed by atoms with Crippen molar-refractivity contribution in [3.05, 3.63) is 102 Å². The topological polar surface area (TPSA) is 64.2 Å². The number of hydrogen-bond donors (Lipinski definition) is 0. The fraction of sp³-hybridized carbons (Fsp3) is 0.296. The predicted molar refractivity (Wildman–Crippen MR) is 139 cm³/mol. The average molecular weight is 511 g/mol. The molecule has 4 rings (SSSR count). The van der Waals surface area contributed by atoms with Crippen LogP contribution >= 0.6 is 0 Å². The largest absolute Gasteiger partial charge is 0.339 e. The summed E-state index contributed by atoms with van der Waals surface area (Å²) in [6.45, 7) is 1.91. The first-order valence-electron chi connectivity index (χ1n) is 11.8. The zero-order valence-electron chi connectivity index (χ0n) is 20.5. The molecule has 1 heterocycles. The highest BCUT2D eigenvalue weighted by molar-refractivity contribution is 7.90. The first kappa shape index (κ1) is 25.8. The SMILES string of the molecule is CN(C)S(=O)(=O)N(CC(=O)N1CCN(C(c2ccccc2)c2ccccc2)CC1)c1ccc(F)cc1. The summed E-state index contributed by atoms with van der Waals surface area (Å²) in [5.74, 6) is -0.768. The summed E-state index contributed by atoms with van der Waals surface area (Å²) in [5, 5.41) is 0. The smallest absolute Gasteiger partial charge is 0.304 e. The van der Waals surface area contributed by atoms with Crippen molar-refractivity contribution in [1.29, 1.82) is 0 Å². The van der Waals surface area contributed by atoms with Gasteiger partial charge in [-0.2, -0.15) is 12.7 Å². The summed E-state index contributed by atoms with van der Waals surface area (Å²) >= 11 is 0. The Hall–Kier alpha value is -3.27. The van der Waals surface area contributed by atoms with Crippen molar-refractivity contribution in [2.24, 2.45) is 0 Å². The van der Waals surface area contributed by atoms with E-state index in [2.05, 4.69) is 29.2 Å². The Morgan fingerprint density at radius 2 is 1.33 bits per heavy atom. The molecule has 1 saturated heterocycles. The lowest BCUT2D eigenvalue weighted by Crippen LogP contribution is -2.53. The lowest BCUT2D eigenvalue weighted by molar-refractivity contribution is -0.131. The number of rotatable bonds is 8. The molecule has 0 saturated carbocycles. The summed E-state index contributed by atoms with van der Waals surface area (Å²) in [7, 11) is -1.14. The highest BCUT2D eigenvalue weighted by Gasteiger charge is 2.32. The van der Waals surface area contributed by atoms with Crippen LogP contribution in [0.3, 0.4) is 0 Å². The van der Waals surface area contributed by atoms with Crippen molar-refractivity contribution in [3.63, 3.8) is 0 Å². The van der Waals surface area contributed by atoms with E-state index in [1.807, 2.05) is 36.4 Å². The molecule has 0 unspecified atom stereocenters. The molecule has 1 aliphatic rings. The van der Waals surface area contributed by atoms with Crippen LogP contribution in [0.1, 0.15) is 17.2 Å². The molecule has 0 N–H and O–H groups in total. The second-order valence-corrected chi connectivity index (χ2v) is 11.0. The molecular formula is C27H31FN4O3S. The van der Waals surface area contributed by atoms with Crippen molar-refractivity contribution in [1.82, 2.24) is 14.1 Å². The molecule has 0 aromatic heterocycles. The second-order valence-electron chi connectivity index (χ2n) is 8.91. The third kappa shape index (κ3) is 5.75. The standard InChI is InChI=1S/C27H31FN4O3S/c1-29(2)36(34,35)32(25-15-13-24(28)14-16-25)21-26(33)30-17-19-31(20-18-30)27(22-9-5-3-6-10-22)23-11-7-4-8-12-23/h3-16,27H,17-21H2,1-2H3. The zero-order chi connectivity index (χ0) is 25.7. The van der Waals surface area contributed by atoms with Crippen LogP contribution in [0.15, 0.2) is 84.9 Å². The molecular weight excluding hydrogens is 479 g/mol. The van der Waals surface area contributed by atoms with Crippen molar-refractivity contribution in [3.8, 4) is 0 Å². The molecule has 7 nitrogen and oxygen atoms in total. The molecule has 0 spiro atoms. The van der Waals surface area contributed by atoms with Crippen LogP contribution in [0.25, 0.3) is 0 Å². The average Bonchev–Trinajstić information content (AvgIpc) is 2.89. The first-order valence-corrected chi connectivity index (χ1v) is 13.2. The maximum atomic E-state index is 13.4. The number of halogens is 1. The van der Waals surface area contributed by atoms with Crippen molar-refractivity contribution in [2.75, 3.05) is 51.1 Å². The van der Waals surface area contributed by atoms with Crippen molar-refractivity contribution >= 4 is 21.8 Å². The molecule has 1 fully saturated rings. The Bertz CT molecular complexity index is 1210. The zero-order valence-corrected chi connectivity index (χ0v) is 21.3. The maximum Gasteiger partial charge on any atom is 0.304 e. The Kier molecular flexibility index (Phi) is 8.03. The summed E-state index contributed by atoms with van der Waals surface area (Å²) in [6, 6.07) is 25.7. The quantitative estimate of drug-likeness (QED) is 0.466. The number of nitrogens with zero attached hydrogens (tertiary/aromatic N) is 4. The monoisotopic (exact) mass is 510 g/mol. The number of carbonyl (C=O) groups is 1. The lowest BCUT2D eigenvalue weighted by Gasteiger charge is -2.40. The van der Waals surface area contributed by atoms with E-state index in [1.165, 1.54) is 49.5 Å². The normalized spacial score (nSPS) is 14.9. The van der Waals surface area contributed by atoms with Gasteiger partial charge in [0.05, 0.1) is 11.7 Å². The first-order chi connectivity index (χ1) is 17.3. The number of piperazine rings is 1. The van der Waals surface area contributed by atoms with Crippen LogP contribution in [0, 0.1) is 5.82 Å². The van der Waals surface area contributed by atoms with E-state index < -0.39 is 16.0 Å². The van der Waals surface area contributed by atoms with Gasteiger partial charge in [0.25, 0.3) is 0 Å². The minimum absolute atomic E-state index is 0.0643. The Morgan fingerprint density at radius 1 is 0.833 bits per heavy atom. The summed E-state index contributed by atoms with van der Waals surface area (Å²) in [4.78, 5) is 17.3. The van der Waals surface area contributed by atoms with Crippen LogP contribution in [0.5, 0.6) is 0 Å². The van der Waals surface area contributed by atoms with E-state index in [4.69, 9.17) is 0 Å². The summed E-state index contributed by atoms with van der Waals surface area (Å²) in [6.07, 6.45) is 0. The molecule has 1 aliphatic heterocycles. The van der Waals surface area contributed by atoms with Gasteiger partial charge < -0.3 is 4.90 Å². The van der Waals surface area contributed by atoms with Gasteiger partial charge in [-0.1, -0.05) is 60.7 Å². The molecule has 9 heteroatoms. The number of carbonyl (C=O) groups excluding carboxylic acids is 1. The number of hydrogen-bond acceptors (Lipinski definition) is 4. The lowest BCUT2D eigenvalue weighted by atomic mass is 9.96. The number of anilines is 1. The van der Waals surface area contributed by atoms with Gasteiger partial charge in [0, 0.05) is 40.3 Å². The van der Waals surface area contributed by atoms with E-state index in [0.717, 1.165) is 8.61 Å². The van der Waals surface area contributed by atoms with Gasteiger partial charge >= 0.3 is 10.2 Å². The highest BCUT2D eigenvalue weighted by atomic mass is 32.2. The Balaban J connectivity index is 1.49. The van der Waals surface area contributed by atoms with Gasteiger partial charge in [-0.05, 0) is 35.4 Å². The van der Waals surface area contributed by atoms with Gasteiger partial charge in [0.15, 0.2) is 0 Å². The number of benzene rings is 3. The minimum atomic E-state index is -3.95. The molecule has 190 valence electrons. The third-order valence-corrected chi connectivity index (χ3v) is 8.22. The van der Waals surface area contributed by atoms with Gasteiger partial charge in [0.1, 0.15) is 12.4 Å². The van der Waals surface area contributed by atoms with Crippen LogP contribution in [-0.4, -0.2) is 75.2 Å². The van der Waals surface area contributed by atoms with Gasteiger partial charge in [-0.25, -0.2) is 8.70 Å². The van der Waals surface area contributed by atoms with Crippen LogP contribution in [0.2, 0.25) is 0 Å². The molecule has 0 radical (unpaired) electrons. The molecule has 0 atom stereocenters. The predicted octanol–water partition coefficient (Wildman–Crippen LogP) is 3.37. The Labute approximate surface area is 212 Å². The number of amides is 1.